The predicted octanol–water partition coefficient (Wildman–Crippen LogP) is 2.08. The number of nitrogens with zero attached hydrogens (tertiary/aromatic N) is 2. The molecule has 0 spiro atoms. The maximum absolute atomic E-state index is 6.21. The normalized spacial score (nSPS) is 12.6. The molecule has 0 radical (unpaired) electrons. The molecule has 1 aromatic heterocycles. The third-order valence-corrected chi connectivity index (χ3v) is 3.09. The highest BCUT2D eigenvalue weighted by Crippen LogP contribution is 2.05. The van der Waals surface area contributed by atoms with Crippen molar-refractivity contribution >= 4 is 0 Å². The lowest BCUT2D eigenvalue weighted by molar-refractivity contribution is 0.302. The van der Waals surface area contributed by atoms with Gasteiger partial charge in [0.1, 0.15) is 0 Å². The molecular weight excluding hydrogens is 234 g/mol. The van der Waals surface area contributed by atoms with Gasteiger partial charge in [-0.05, 0) is 36.7 Å². The number of likely N-dealkylation sites (N-methyl/N-ethyl adjacent to an activating group) is 1. The van der Waals surface area contributed by atoms with Crippen LogP contribution in [0.3, 0.4) is 0 Å². The molecule has 2 rings (SSSR count). The molecule has 0 amide bonds. The fraction of sp³-hybridized carbons (Fsp3) is 0.312. The minimum Gasteiger partial charge on any atom is -0.326 e. The van der Waals surface area contributed by atoms with Crippen molar-refractivity contribution in [3.63, 3.8) is 0 Å². The second kappa shape index (κ2) is 7.02. The van der Waals surface area contributed by atoms with Crippen LogP contribution in [0.5, 0.6) is 0 Å². The van der Waals surface area contributed by atoms with E-state index in [0.717, 1.165) is 19.5 Å². The van der Waals surface area contributed by atoms with Crippen molar-refractivity contribution in [2.45, 2.75) is 19.0 Å². The van der Waals surface area contributed by atoms with Gasteiger partial charge in [-0.3, -0.25) is 4.98 Å². The van der Waals surface area contributed by atoms with Gasteiger partial charge in [0.05, 0.1) is 0 Å². The largest absolute Gasteiger partial charge is 0.326 e. The summed E-state index contributed by atoms with van der Waals surface area (Å²) in [6.45, 7) is 1.79. The van der Waals surface area contributed by atoms with E-state index in [-0.39, 0.29) is 6.04 Å². The fourth-order valence-corrected chi connectivity index (χ4v) is 2.25. The topological polar surface area (TPSA) is 42.2 Å². The first kappa shape index (κ1) is 13.7. The summed E-state index contributed by atoms with van der Waals surface area (Å²) < 4.78 is 0. The number of rotatable bonds is 6. The van der Waals surface area contributed by atoms with E-state index in [2.05, 4.69) is 41.2 Å². The first-order chi connectivity index (χ1) is 9.24. The van der Waals surface area contributed by atoms with Crippen molar-refractivity contribution in [3.8, 4) is 0 Å². The van der Waals surface area contributed by atoms with E-state index in [1.165, 1.54) is 11.1 Å². The molecule has 3 heteroatoms. The van der Waals surface area contributed by atoms with Gasteiger partial charge in [-0.2, -0.15) is 0 Å². The lowest BCUT2D eigenvalue weighted by Gasteiger charge is -2.21. The highest BCUT2D eigenvalue weighted by Gasteiger charge is 2.08. The molecule has 2 N–H and O–H groups in total. The van der Waals surface area contributed by atoms with Gasteiger partial charge >= 0.3 is 0 Å². The molecule has 0 fully saturated rings. The predicted molar refractivity (Wildman–Crippen MR) is 78.7 cm³/mol. The second-order valence-corrected chi connectivity index (χ2v) is 5.00. The summed E-state index contributed by atoms with van der Waals surface area (Å²) in [6, 6.07) is 14.6. The summed E-state index contributed by atoms with van der Waals surface area (Å²) in [5, 5.41) is 0. The van der Waals surface area contributed by atoms with Crippen LogP contribution in [0, 0.1) is 0 Å². The highest BCUT2D eigenvalue weighted by atomic mass is 15.1. The van der Waals surface area contributed by atoms with Gasteiger partial charge in [-0.1, -0.05) is 30.3 Å². The van der Waals surface area contributed by atoms with E-state index in [1.54, 1.807) is 0 Å². The molecule has 0 saturated heterocycles. The van der Waals surface area contributed by atoms with Crippen molar-refractivity contribution in [2.24, 2.45) is 5.73 Å². The Morgan fingerprint density at radius 2 is 1.74 bits per heavy atom. The van der Waals surface area contributed by atoms with Crippen LogP contribution < -0.4 is 5.73 Å². The van der Waals surface area contributed by atoms with Gasteiger partial charge in [0, 0.05) is 31.5 Å². The third kappa shape index (κ3) is 4.81. The average Bonchev–Trinajstić information content (AvgIpc) is 2.40. The zero-order chi connectivity index (χ0) is 13.5. The molecule has 100 valence electrons. The Morgan fingerprint density at radius 3 is 2.42 bits per heavy atom. The zero-order valence-corrected chi connectivity index (χ0v) is 11.4. The van der Waals surface area contributed by atoms with Gasteiger partial charge in [-0.25, -0.2) is 0 Å². The summed E-state index contributed by atoms with van der Waals surface area (Å²) in [7, 11) is 2.10. The van der Waals surface area contributed by atoms with Crippen LogP contribution in [0.25, 0.3) is 0 Å². The Kier molecular flexibility index (Phi) is 5.07. The van der Waals surface area contributed by atoms with Crippen molar-refractivity contribution in [1.29, 1.82) is 0 Å². The van der Waals surface area contributed by atoms with E-state index in [9.17, 15) is 0 Å². The van der Waals surface area contributed by atoms with Crippen LogP contribution in [0.1, 0.15) is 11.1 Å². The first-order valence-corrected chi connectivity index (χ1v) is 6.61. The smallest absolute Gasteiger partial charge is 0.0271 e. The molecule has 0 aliphatic carbocycles. The molecule has 1 unspecified atom stereocenters. The van der Waals surface area contributed by atoms with Crippen molar-refractivity contribution < 1.29 is 0 Å². The van der Waals surface area contributed by atoms with Gasteiger partial charge in [-0.15, -0.1) is 0 Å². The highest BCUT2D eigenvalue weighted by molar-refractivity contribution is 5.16. The molecule has 0 saturated carbocycles. The average molecular weight is 255 g/mol. The molecule has 1 heterocycles. The lowest BCUT2D eigenvalue weighted by Crippen LogP contribution is -2.36. The van der Waals surface area contributed by atoms with E-state index in [0.29, 0.717) is 0 Å². The maximum atomic E-state index is 6.21. The molecule has 3 nitrogen and oxygen atoms in total. The summed E-state index contributed by atoms with van der Waals surface area (Å²) in [5.41, 5.74) is 8.77. The molecular formula is C16H21N3. The number of benzene rings is 1. The fourth-order valence-electron chi connectivity index (χ4n) is 2.25. The van der Waals surface area contributed by atoms with Crippen LogP contribution in [-0.2, 0) is 13.0 Å². The number of hydrogen-bond acceptors (Lipinski definition) is 3. The Bertz CT molecular complexity index is 424. The molecule has 19 heavy (non-hydrogen) atoms. The molecule has 2 aromatic rings. The Labute approximate surface area is 115 Å². The summed E-state index contributed by atoms with van der Waals surface area (Å²) in [5.74, 6) is 0. The van der Waals surface area contributed by atoms with Crippen molar-refractivity contribution in [3.05, 3.63) is 66.0 Å². The monoisotopic (exact) mass is 255 g/mol. The third-order valence-electron chi connectivity index (χ3n) is 3.09. The van der Waals surface area contributed by atoms with Crippen LogP contribution in [0.4, 0.5) is 0 Å². The molecule has 0 aliphatic heterocycles. The van der Waals surface area contributed by atoms with Gasteiger partial charge in [0.25, 0.3) is 0 Å². The van der Waals surface area contributed by atoms with Crippen molar-refractivity contribution in [1.82, 2.24) is 9.88 Å². The summed E-state index contributed by atoms with van der Waals surface area (Å²) >= 11 is 0. The lowest BCUT2D eigenvalue weighted by atomic mass is 10.1. The molecule has 1 atom stereocenters. The Balaban J connectivity index is 1.80. The van der Waals surface area contributed by atoms with E-state index in [1.807, 2.05) is 30.6 Å². The number of pyridine rings is 1. The summed E-state index contributed by atoms with van der Waals surface area (Å²) in [4.78, 5) is 6.28. The van der Waals surface area contributed by atoms with Gasteiger partial charge < -0.3 is 10.6 Å². The summed E-state index contributed by atoms with van der Waals surface area (Å²) in [6.07, 6.45) is 4.57. The molecule has 1 aromatic carbocycles. The number of hydrogen-bond donors (Lipinski definition) is 1. The van der Waals surface area contributed by atoms with Crippen LogP contribution in [0.2, 0.25) is 0 Å². The number of aromatic nitrogens is 1. The minimum absolute atomic E-state index is 0.161. The number of nitrogens with two attached hydrogens (primary N) is 1. The molecule has 0 bridgehead atoms. The van der Waals surface area contributed by atoms with E-state index >= 15 is 0 Å². The minimum atomic E-state index is 0.161. The van der Waals surface area contributed by atoms with E-state index in [4.69, 9.17) is 5.73 Å². The molecule has 0 aliphatic rings. The first-order valence-electron chi connectivity index (χ1n) is 6.61. The second-order valence-electron chi connectivity index (χ2n) is 5.00. The van der Waals surface area contributed by atoms with Crippen LogP contribution in [0.15, 0.2) is 54.9 Å². The standard InChI is InChI=1S/C16H21N3/c1-19(12-15-7-9-18-10-8-15)13-16(17)11-14-5-3-2-4-6-14/h2-10,16H,11-13,17H2,1H3. The van der Waals surface area contributed by atoms with Crippen molar-refractivity contribution in [2.75, 3.05) is 13.6 Å². The Hall–Kier alpha value is -1.71. The quantitative estimate of drug-likeness (QED) is 0.859. The SMILES string of the molecule is CN(Cc1ccncc1)CC(N)Cc1ccccc1. The maximum Gasteiger partial charge on any atom is 0.0271 e. The van der Waals surface area contributed by atoms with Crippen LogP contribution >= 0.6 is 0 Å². The van der Waals surface area contributed by atoms with E-state index < -0.39 is 0 Å². The van der Waals surface area contributed by atoms with Gasteiger partial charge in [0.2, 0.25) is 0 Å². The Morgan fingerprint density at radius 1 is 1.05 bits per heavy atom. The van der Waals surface area contributed by atoms with Crippen LogP contribution in [-0.4, -0.2) is 29.5 Å². The zero-order valence-electron chi connectivity index (χ0n) is 11.4. The van der Waals surface area contributed by atoms with Gasteiger partial charge in [0.15, 0.2) is 0 Å².